The third-order valence-corrected chi connectivity index (χ3v) is 3.55. The number of benzene rings is 2. The first kappa shape index (κ1) is 13.3. The number of amides is 2. The van der Waals surface area contributed by atoms with Crippen molar-refractivity contribution in [3.05, 3.63) is 64.2 Å². The van der Waals surface area contributed by atoms with Crippen molar-refractivity contribution < 1.29 is 19.5 Å². The largest absolute Gasteiger partial charge is 0.545 e. The predicted molar refractivity (Wildman–Crippen MR) is 73.4 cm³/mol. The number of rotatable bonds is 2. The van der Waals surface area contributed by atoms with Crippen LogP contribution in [-0.4, -0.2) is 17.8 Å². The molecule has 1 aliphatic rings. The van der Waals surface area contributed by atoms with Crippen LogP contribution in [-0.2, 0) is 0 Å². The van der Waals surface area contributed by atoms with Gasteiger partial charge in [-0.15, -0.1) is 0 Å². The van der Waals surface area contributed by atoms with Gasteiger partial charge in [-0.1, -0.05) is 23.7 Å². The molecule has 2 aromatic rings. The van der Waals surface area contributed by atoms with Gasteiger partial charge in [0.25, 0.3) is 11.8 Å². The van der Waals surface area contributed by atoms with Crippen LogP contribution in [0.5, 0.6) is 0 Å². The van der Waals surface area contributed by atoms with E-state index in [0.717, 1.165) is 11.0 Å². The molecule has 0 aliphatic carbocycles. The van der Waals surface area contributed by atoms with Gasteiger partial charge < -0.3 is 9.90 Å². The molecule has 1 aliphatic heterocycles. The Bertz CT molecular complexity index is 765. The number of fused-ring (bicyclic) bond motifs is 1. The van der Waals surface area contributed by atoms with Crippen LogP contribution in [0.15, 0.2) is 42.5 Å². The summed E-state index contributed by atoms with van der Waals surface area (Å²) in [6, 6.07) is 10.3. The fourth-order valence-corrected chi connectivity index (χ4v) is 2.43. The smallest absolute Gasteiger partial charge is 0.266 e. The van der Waals surface area contributed by atoms with Gasteiger partial charge in [-0.05, 0) is 30.3 Å². The zero-order valence-electron chi connectivity index (χ0n) is 10.5. The Morgan fingerprint density at radius 3 is 2.10 bits per heavy atom. The van der Waals surface area contributed by atoms with Gasteiger partial charge in [-0.25, -0.2) is 4.90 Å². The number of carbonyl (C=O) groups is 3. The summed E-state index contributed by atoms with van der Waals surface area (Å²) in [4.78, 5) is 36.5. The van der Waals surface area contributed by atoms with Crippen LogP contribution in [0.2, 0.25) is 5.02 Å². The molecule has 21 heavy (non-hydrogen) atoms. The number of hydrogen-bond acceptors (Lipinski definition) is 4. The highest BCUT2D eigenvalue weighted by molar-refractivity contribution is 6.36. The maximum atomic E-state index is 12.3. The van der Waals surface area contributed by atoms with Gasteiger partial charge in [0, 0.05) is 10.6 Å². The molecule has 2 amide bonds. The summed E-state index contributed by atoms with van der Waals surface area (Å²) in [7, 11) is 0. The lowest BCUT2D eigenvalue weighted by Gasteiger charge is -2.16. The molecule has 2 aromatic carbocycles. The second-order valence-corrected chi connectivity index (χ2v) is 4.85. The minimum Gasteiger partial charge on any atom is -0.545 e. The molecule has 0 atom stereocenters. The molecule has 0 fully saturated rings. The van der Waals surface area contributed by atoms with E-state index in [2.05, 4.69) is 0 Å². The first-order valence-corrected chi connectivity index (χ1v) is 6.37. The molecule has 6 heteroatoms. The predicted octanol–water partition coefficient (Wildman–Crippen LogP) is 1.50. The van der Waals surface area contributed by atoms with Crippen molar-refractivity contribution in [3.63, 3.8) is 0 Å². The molecule has 0 saturated carbocycles. The van der Waals surface area contributed by atoms with Crippen molar-refractivity contribution in [1.82, 2.24) is 0 Å². The summed E-state index contributed by atoms with van der Waals surface area (Å²) in [6.07, 6.45) is 0. The topological polar surface area (TPSA) is 77.5 Å². The van der Waals surface area contributed by atoms with E-state index in [-0.39, 0.29) is 27.4 Å². The van der Waals surface area contributed by atoms with E-state index in [4.69, 9.17) is 11.6 Å². The highest BCUT2D eigenvalue weighted by Gasteiger charge is 2.36. The number of hydrogen-bond donors (Lipinski definition) is 0. The Kier molecular flexibility index (Phi) is 2.99. The van der Waals surface area contributed by atoms with E-state index in [1.165, 1.54) is 12.1 Å². The van der Waals surface area contributed by atoms with Gasteiger partial charge >= 0.3 is 0 Å². The molecule has 0 unspecified atom stereocenters. The number of anilines is 1. The molecular formula is C15H7ClNO4-. The van der Waals surface area contributed by atoms with Crippen LogP contribution in [0.3, 0.4) is 0 Å². The van der Waals surface area contributed by atoms with Crippen molar-refractivity contribution >= 4 is 35.1 Å². The molecule has 3 rings (SSSR count). The molecule has 0 aromatic heterocycles. The molecule has 0 N–H and O–H groups in total. The maximum absolute atomic E-state index is 12.3. The lowest BCUT2D eigenvalue weighted by Crippen LogP contribution is -2.30. The fourth-order valence-electron chi connectivity index (χ4n) is 2.23. The quantitative estimate of drug-likeness (QED) is 0.788. The Morgan fingerprint density at radius 1 is 1.00 bits per heavy atom. The number of carbonyl (C=O) groups excluding carboxylic acids is 3. The molecule has 0 bridgehead atoms. The normalized spacial score (nSPS) is 13.5. The van der Waals surface area contributed by atoms with E-state index < -0.39 is 17.8 Å². The lowest BCUT2D eigenvalue weighted by atomic mass is 10.1. The van der Waals surface area contributed by atoms with Crippen LogP contribution in [0, 0.1) is 0 Å². The zero-order valence-corrected chi connectivity index (χ0v) is 11.3. The first-order chi connectivity index (χ1) is 10.0. The van der Waals surface area contributed by atoms with E-state index in [1.54, 1.807) is 24.3 Å². The van der Waals surface area contributed by atoms with Gasteiger partial charge in [0.05, 0.1) is 22.8 Å². The summed E-state index contributed by atoms with van der Waals surface area (Å²) >= 11 is 5.75. The van der Waals surface area contributed by atoms with Crippen LogP contribution in [0.4, 0.5) is 5.69 Å². The molecule has 1 heterocycles. The monoisotopic (exact) mass is 300 g/mol. The average molecular weight is 301 g/mol. The zero-order chi connectivity index (χ0) is 15.1. The van der Waals surface area contributed by atoms with Crippen molar-refractivity contribution in [2.24, 2.45) is 0 Å². The van der Waals surface area contributed by atoms with Crippen LogP contribution in [0.1, 0.15) is 31.1 Å². The number of aromatic carboxylic acids is 1. The molecule has 104 valence electrons. The van der Waals surface area contributed by atoms with Crippen molar-refractivity contribution in [3.8, 4) is 0 Å². The van der Waals surface area contributed by atoms with E-state index in [1.807, 2.05) is 0 Å². The first-order valence-electron chi connectivity index (χ1n) is 5.99. The van der Waals surface area contributed by atoms with Gasteiger partial charge in [0.1, 0.15) is 0 Å². The van der Waals surface area contributed by atoms with Crippen LogP contribution < -0.4 is 10.0 Å². The van der Waals surface area contributed by atoms with E-state index in [0.29, 0.717) is 0 Å². The SMILES string of the molecule is O=C([O-])c1cc(N2C(=O)c3ccccc3C2=O)ccc1Cl. The Morgan fingerprint density at radius 2 is 1.57 bits per heavy atom. The third-order valence-electron chi connectivity index (χ3n) is 3.22. The number of carboxylic acids is 1. The van der Waals surface area contributed by atoms with Crippen molar-refractivity contribution in [1.29, 1.82) is 0 Å². The molecular weight excluding hydrogens is 294 g/mol. The molecule has 5 nitrogen and oxygen atoms in total. The minimum absolute atomic E-state index is 0.0182. The number of carboxylic acid groups (broad SMARTS) is 1. The van der Waals surface area contributed by atoms with Crippen LogP contribution in [0.25, 0.3) is 0 Å². The summed E-state index contributed by atoms with van der Waals surface area (Å²) in [5, 5.41) is 11.0. The van der Waals surface area contributed by atoms with Crippen molar-refractivity contribution in [2.45, 2.75) is 0 Å². The van der Waals surface area contributed by atoms with Gasteiger partial charge in [-0.2, -0.15) is 0 Å². The minimum atomic E-state index is -1.47. The number of nitrogens with zero attached hydrogens (tertiary/aromatic N) is 1. The summed E-state index contributed by atoms with van der Waals surface area (Å²) in [6.45, 7) is 0. The van der Waals surface area contributed by atoms with E-state index in [9.17, 15) is 19.5 Å². The Labute approximate surface area is 124 Å². The second-order valence-electron chi connectivity index (χ2n) is 4.44. The Hall–Kier alpha value is -2.66. The number of imide groups is 1. The number of halogens is 1. The summed E-state index contributed by atoms with van der Waals surface area (Å²) < 4.78 is 0. The Balaban J connectivity index is 2.11. The van der Waals surface area contributed by atoms with Gasteiger partial charge in [0.15, 0.2) is 0 Å². The summed E-state index contributed by atoms with van der Waals surface area (Å²) in [5.74, 6) is -2.47. The van der Waals surface area contributed by atoms with E-state index >= 15 is 0 Å². The fraction of sp³-hybridized carbons (Fsp3) is 0. The highest BCUT2D eigenvalue weighted by atomic mass is 35.5. The standard InChI is InChI=1S/C15H8ClNO4/c16-12-6-5-8(7-11(12)15(20)21)17-13(18)9-3-1-2-4-10(9)14(17)19/h1-7H,(H,20,21)/p-1. The molecule has 0 spiro atoms. The van der Waals surface area contributed by atoms with Gasteiger partial charge in [-0.3, -0.25) is 9.59 Å². The molecule has 0 radical (unpaired) electrons. The maximum Gasteiger partial charge on any atom is 0.266 e. The van der Waals surface area contributed by atoms with Crippen molar-refractivity contribution in [2.75, 3.05) is 4.90 Å². The highest BCUT2D eigenvalue weighted by Crippen LogP contribution is 2.30. The average Bonchev–Trinajstić information content (AvgIpc) is 2.72. The third kappa shape index (κ3) is 1.98. The summed E-state index contributed by atoms with van der Waals surface area (Å²) in [5.41, 5.74) is 0.440. The van der Waals surface area contributed by atoms with Gasteiger partial charge in [0.2, 0.25) is 0 Å². The lowest BCUT2D eigenvalue weighted by molar-refractivity contribution is -0.255. The molecule has 0 saturated heterocycles. The second kappa shape index (κ2) is 4.71. The van der Waals surface area contributed by atoms with Crippen LogP contribution >= 0.6 is 11.6 Å².